The highest BCUT2D eigenvalue weighted by Crippen LogP contribution is 2.18. The summed E-state index contributed by atoms with van der Waals surface area (Å²) < 4.78 is 18.1. The SMILES string of the molecule is CCCCn1c(=O)[nH]c(=O)c2c1nc(CN(C)Cc1cc(Br)ccc1F)n2C. The van der Waals surface area contributed by atoms with Crippen molar-refractivity contribution >= 4 is 27.1 Å². The number of aromatic amines is 1. The van der Waals surface area contributed by atoms with Crippen molar-refractivity contribution < 1.29 is 4.39 Å². The quantitative estimate of drug-likeness (QED) is 0.598. The Balaban J connectivity index is 1.94. The second-order valence-corrected chi connectivity index (χ2v) is 7.85. The topological polar surface area (TPSA) is 75.9 Å². The third-order valence-corrected chi connectivity index (χ3v) is 5.19. The Kier molecular flexibility index (Phi) is 6.14. The first-order chi connectivity index (χ1) is 13.3. The molecule has 1 aromatic carbocycles. The molecule has 0 bridgehead atoms. The lowest BCUT2D eigenvalue weighted by Crippen LogP contribution is -2.31. The van der Waals surface area contributed by atoms with Gasteiger partial charge in [0.1, 0.15) is 11.6 Å². The molecule has 0 spiro atoms. The summed E-state index contributed by atoms with van der Waals surface area (Å²) in [5.74, 6) is 0.360. The molecule has 0 amide bonds. The van der Waals surface area contributed by atoms with E-state index in [0.29, 0.717) is 42.2 Å². The minimum Gasteiger partial charge on any atom is -0.324 e. The van der Waals surface area contributed by atoms with Crippen molar-refractivity contribution in [3.63, 3.8) is 0 Å². The van der Waals surface area contributed by atoms with Gasteiger partial charge in [-0.1, -0.05) is 29.3 Å². The maximum absolute atomic E-state index is 14.0. The molecule has 0 saturated carbocycles. The molecule has 0 radical (unpaired) electrons. The molecule has 2 aromatic heterocycles. The molecule has 1 N–H and O–H groups in total. The van der Waals surface area contributed by atoms with Crippen LogP contribution in [0.1, 0.15) is 31.2 Å². The van der Waals surface area contributed by atoms with Crippen LogP contribution >= 0.6 is 15.9 Å². The van der Waals surface area contributed by atoms with Crippen LogP contribution in [0.3, 0.4) is 0 Å². The lowest BCUT2D eigenvalue weighted by atomic mass is 10.2. The summed E-state index contributed by atoms with van der Waals surface area (Å²) in [6.07, 6.45) is 1.74. The maximum atomic E-state index is 14.0. The average Bonchev–Trinajstić information content (AvgIpc) is 2.94. The van der Waals surface area contributed by atoms with Crippen molar-refractivity contribution in [2.75, 3.05) is 7.05 Å². The van der Waals surface area contributed by atoms with Gasteiger partial charge in [0.05, 0.1) is 6.54 Å². The second kappa shape index (κ2) is 8.40. The van der Waals surface area contributed by atoms with Gasteiger partial charge >= 0.3 is 5.69 Å². The summed E-state index contributed by atoms with van der Waals surface area (Å²) in [4.78, 5) is 33.4. The zero-order chi connectivity index (χ0) is 20.4. The van der Waals surface area contributed by atoms with Crippen LogP contribution in [-0.4, -0.2) is 31.0 Å². The second-order valence-electron chi connectivity index (χ2n) is 6.93. The predicted molar refractivity (Wildman–Crippen MR) is 110 cm³/mol. The fourth-order valence-corrected chi connectivity index (χ4v) is 3.62. The Bertz CT molecular complexity index is 1120. The highest BCUT2D eigenvalue weighted by Gasteiger charge is 2.18. The predicted octanol–water partition coefficient (Wildman–Crippen LogP) is 2.76. The van der Waals surface area contributed by atoms with E-state index in [1.165, 1.54) is 10.6 Å². The van der Waals surface area contributed by atoms with Crippen molar-refractivity contribution in [1.29, 1.82) is 0 Å². The molecule has 0 saturated heterocycles. The Morgan fingerprint density at radius 1 is 1.29 bits per heavy atom. The Labute approximate surface area is 169 Å². The van der Waals surface area contributed by atoms with Gasteiger partial charge in [-0.15, -0.1) is 0 Å². The van der Waals surface area contributed by atoms with E-state index in [1.807, 2.05) is 18.9 Å². The Morgan fingerprint density at radius 2 is 2.04 bits per heavy atom. The molecule has 0 aliphatic heterocycles. The standard InChI is InChI=1S/C19H23BrFN5O2/c1-4-5-8-26-17-16(18(27)23-19(26)28)25(3)15(22-17)11-24(2)10-12-9-13(20)6-7-14(12)21/h6-7,9H,4-5,8,10-11H2,1-3H3,(H,23,27,28). The number of benzene rings is 1. The van der Waals surface area contributed by atoms with Gasteiger partial charge in [-0.25, -0.2) is 14.2 Å². The summed E-state index contributed by atoms with van der Waals surface area (Å²) in [6, 6.07) is 4.83. The van der Waals surface area contributed by atoms with Crippen LogP contribution in [0.2, 0.25) is 0 Å². The van der Waals surface area contributed by atoms with Gasteiger partial charge in [-0.05, 0) is 31.7 Å². The maximum Gasteiger partial charge on any atom is 0.330 e. The number of H-pyrrole nitrogens is 1. The molecule has 0 fully saturated rings. The van der Waals surface area contributed by atoms with E-state index >= 15 is 0 Å². The fraction of sp³-hybridized carbons (Fsp3) is 0.421. The molecule has 0 aliphatic carbocycles. The van der Waals surface area contributed by atoms with Gasteiger partial charge in [0.15, 0.2) is 11.2 Å². The number of unbranched alkanes of at least 4 members (excludes halogenated alkanes) is 1. The highest BCUT2D eigenvalue weighted by molar-refractivity contribution is 9.10. The van der Waals surface area contributed by atoms with Crippen LogP contribution in [0.4, 0.5) is 4.39 Å². The molecule has 7 nitrogen and oxygen atoms in total. The number of aryl methyl sites for hydroxylation is 2. The Hall–Kier alpha value is -2.26. The Morgan fingerprint density at radius 3 is 2.75 bits per heavy atom. The normalized spacial score (nSPS) is 11.6. The van der Waals surface area contributed by atoms with Crippen LogP contribution in [-0.2, 0) is 26.7 Å². The highest BCUT2D eigenvalue weighted by atomic mass is 79.9. The monoisotopic (exact) mass is 451 g/mol. The van der Waals surface area contributed by atoms with Gasteiger partial charge in [-0.3, -0.25) is 19.2 Å². The van der Waals surface area contributed by atoms with Gasteiger partial charge in [-0.2, -0.15) is 0 Å². The van der Waals surface area contributed by atoms with Gasteiger partial charge < -0.3 is 4.57 Å². The van der Waals surface area contributed by atoms with E-state index < -0.39 is 11.2 Å². The number of fused-ring (bicyclic) bond motifs is 1. The number of aromatic nitrogens is 4. The van der Waals surface area contributed by atoms with Gasteiger partial charge in [0, 0.05) is 30.2 Å². The number of imidazole rings is 1. The minimum absolute atomic E-state index is 0.273. The summed E-state index contributed by atoms with van der Waals surface area (Å²) in [5.41, 5.74) is 0.428. The number of halogens is 2. The third kappa shape index (κ3) is 4.10. The zero-order valence-electron chi connectivity index (χ0n) is 16.1. The van der Waals surface area contributed by atoms with Crippen LogP contribution in [0.5, 0.6) is 0 Å². The van der Waals surface area contributed by atoms with E-state index in [2.05, 4.69) is 25.9 Å². The fourth-order valence-electron chi connectivity index (χ4n) is 3.21. The van der Waals surface area contributed by atoms with Gasteiger partial charge in [0.25, 0.3) is 5.56 Å². The molecule has 3 aromatic rings. The van der Waals surface area contributed by atoms with Gasteiger partial charge in [0.2, 0.25) is 0 Å². The summed E-state index contributed by atoms with van der Waals surface area (Å²) in [7, 11) is 3.61. The molecule has 0 atom stereocenters. The molecule has 150 valence electrons. The van der Waals surface area contributed by atoms with Crippen LogP contribution in [0.25, 0.3) is 11.2 Å². The van der Waals surface area contributed by atoms with E-state index in [-0.39, 0.29) is 5.82 Å². The molecule has 3 rings (SSSR count). The third-order valence-electron chi connectivity index (χ3n) is 4.70. The summed E-state index contributed by atoms with van der Waals surface area (Å²) in [6.45, 7) is 3.32. The molecule has 9 heteroatoms. The molecule has 0 unspecified atom stereocenters. The zero-order valence-corrected chi connectivity index (χ0v) is 17.7. The molecular formula is C19H23BrFN5O2. The van der Waals surface area contributed by atoms with Crippen molar-refractivity contribution in [2.45, 2.75) is 39.4 Å². The van der Waals surface area contributed by atoms with Crippen molar-refractivity contribution in [3.8, 4) is 0 Å². The van der Waals surface area contributed by atoms with Crippen molar-refractivity contribution in [1.82, 2.24) is 24.0 Å². The average molecular weight is 452 g/mol. The van der Waals surface area contributed by atoms with Crippen molar-refractivity contribution in [2.24, 2.45) is 7.05 Å². The lowest BCUT2D eigenvalue weighted by molar-refractivity contribution is 0.302. The number of nitrogens with one attached hydrogen (secondary N) is 1. The number of hydrogen-bond acceptors (Lipinski definition) is 4. The van der Waals surface area contributed by atoms with E-state index in [1.54, 1.807) is 23.7 Å². The van der Waals surface area contributed by atoms with E-state index in [4.69, 9.17) is 0 Å². The van der Waals surface area contributed by atoms with E-state index in [0.717, 1.165) is 17.3 Å². The number of nitrogens with zero attached hydrogens (tertiary/aromatic N) is 4. The molecular weight excluding hydrogens is 429 g/mol. The van der Waals surface area contributed by atoms with E-state index in [9.17, 15) is 14.0 Å². The number of rotatable bonds is 7. The molecule has 0 aliphatic rings. The molecule has 2 heterocycles. The van der Waals surface area contributed by atoms with Crippen LogP contribution in [0, 0.1) is 5.82 Å². The lowest BCUT2D eigenvalue weighted by Gasteiger charge is -2.17. The number of hydrogen-bond donors (Lipinski definition) is 1. The largest absolute Gasteiger partial charge is 0.330 e. The minimum atomic E-state index is -0.449. The summed E-state index contributed by atoms with van der Waals surface area (Å²) >= 11 is 3.36. The van der Waals surface area contributed by atoms with Crippen molar-refractivity contribution in [3.05, 3.63) is 60.7 Å². The summed E-state index contributed by atoms with van der Waals surface area (Å²) in [5, 5.41) is 0. The first kappa shape index (κ1) is 20.5. The first-order valence-corrected chi connectivity index (χ1v) is 9.92. The van der Waals surface area contributed by atoms with Crippen LogP contribution < -0.4 is 11.2 Å². The van der Waals surface area contributed by atoms with Crippen LogP contribution in [0.15, 0.2) is 32.3 Å². The smallest absolute Gasteiger partial charge is 0.324 e. The molecule has 28 heavy (non-hydrogen) atoms. The first-order valence-electron chi connectivity index (χ1n) is 9.12.